The van der Waals surface area contributed by atoms with E-state index in [4.69, 9.17) is 11.0 Å². The van der Waals surface area contributed by atoms with Crippen molar-refractivity contribution in [2.24, 2.45) is 0 Å². The molecule has 2 aromatic rings. The molecule has 0 saturated heterocycles. The van der Waals surface area contributed by atoms with Gasteiger partial charge in [0, 0.05) is 5.56 Å². The predicted octanol–water partition coefficient (Wildman–Crippen LogP) is 1.75. The Morgan fingerprint density at radius 3 is 2.74 bits per heavy atom. The van der Waals surface area contributed by atoms with E-state index in [0.717, 1.165) is 16.8 Å². The number of hydrogen-bond acceptors (Lipinski definition) is 4. The quantitative estimate of drug-likeness (QED) is 0.854. The molecule has 0 atom stereocenters. The maximum atomic E-state index is 13.2. The van der Waals surface area contributed by atoms with Crippen LogP contribution in [-0.2, 0) is 6.54 Å². The number of nitriles is 1. The van der Waals surface area contributed by atoms with Crippen molar-refractivity contribution >= 4 is 12.1 Å². The van der Waals surface area contributed by atoms with Crippen molar-refractivity contribution in [2.45, 2.75) is 6.54 Å². The van der Waals surface area contributed by atoms with Crippen molar-refractivity contribution in [2.75, 3.05) is 5.73 Å². The van der Waals surface area contributed by atoms with E-state index < -0.39 is 11.6 Å². The van der Waals surface area contributed by atoms with Crippen LogP contribution in [0.4, 0.5) is 14.6 Å². The molecule has 7 heteroatoms. The highest BCUT2D eigenvalue weighted by Crippen LogP contribution is 2.26. The first kappa shape index (κ1) is 12.7. The van der Waals surface area contributed by atoms with E-state index in [2.05, 4.69) is 5.10 Å². The molecule has 1 aromatic carbocycles. The Morgan fingerprint density at radius 2 is 2.16 bits per heavy atom. The molecule has 1 aromatic heterocycles. The van der Waals surface area contributed by atoms with Gasteiger partial charge in [-0.2, -0.15) is 10.4 Å². The Balaban J connectivity index is 2.61. The van der Waals surface area contributed by atoms with E-state index in [1.807, 2.05) is 6.07 Å². The number of carbonyl (C=O) groups excluding carboxylic acids is 1. The van der Waals surface area contributed by atoms with Gasteiger partial charge in [0.25, 0.3) is 0 Å². The van der Waals surface area contributed by atoms with Gasteiger partial charge in [0.1, 0.15) is 18.1 Å². The molecule has 0 amide bonds. The third kappa shape index (κ3) is 2.15. The minimum absolute atomic E-state index is 0.0104. The Hall–Kier alpha value is -2.75. The highest BCUT2D eigenvalue weighted by atomic mass is 19.2. The fourth-order valence-corrected chi connectivity index (χ4v) is 1.65. The lowest BCUT2D eigenvalue weighted by atomic mass is 10.1. The minimum atomic E-state index is -1.05. The van der Waals surface area contributed by atoms with Crippen LogP contribution in [0.5, 0.6) is 0 Å². The van der Waals surface area contributed by atoms with Crippen LogP contribution in [0.15, 0.2) is 18.2 Å². The van der Waals surface area contributed by atoms with Crippen LogP contribution in [0.3, 0.4) is 0 Å². The number of rotatable bonds is 3. The van der Waals surface area contributed by atoms with Gasteiger partial charge in [0.2, 0.25) is 0 Å². The van der Waals surface area contributed by atoms with Crippen LogP contribution < -0.4 is 5.73 Å². The number of halogens is 2. The first-order valence-electron chi connectivity index (χ1n) is 5.22. The Bertz CT molecular complexity index is 688. The molecule has 0 saturated carbocycles. The molecule has 0 aliphatic rings. The van der Waals surface area contributed by atoms with Gasteiger partial charge in [0.15, 0.2) is 17.9 Å². The van der Waals surface area contributed by atoms with Gasteiger partial charge in [-0.05, 0) is 18.2 Å². The standard InChI is InChI=1S/C12H8F2N4O/c13-9-2-1-7(5-10(9)14)11-8(6-19)12(16)18(17-11)4-3-15/h1-2,5-6H,4,16H2. The van der Waals surface area contributed by atoms with Crippen molar-refractivity contribution in [3.63, 3.8) is 0 Å². The van der Waals surface area contributed by atoms with Crippen molar-refractivity contribution < 1.29 is 13.6 Å². The third-order valence-corrected chi connectivity index (χ3v) is 2.56. The fourth-order valence-electron chi connectivity index (χ4n) is 1.65. The van der Waals surface area contributed by atoms with E-state index in [-0.39, 0.29) is 29.2 Å². The molecule has 0 spiro atoms. The second kappa shape index (κ2) is 4.86. The summed E-state index contributed by atoms with van der Waals surface area (Å²) in [5, 5.41) is 12.6. The van der Waals surface area contributed by atoms with Crippen LogP contribution in [0.2, 0.25) is 0 Å². The molecule has 2 rings (SSSR count). The van der Waals surface area contributed by atoms with Crippen LogP contribution in [0, 0.1) is 23.0 Å². The number of carbonyl (C=O) groups is 1. The van der Waals surface area contributed by atoms with Gasteiger partial charge in [-0.1, -0.05) is 0 Å². The molecule has 0 unspecified atom stereocenters. The minimum Gasteiger partial charge on any atom is -0.383 e. The molecule has 0 radical (unpaired) electrons. The maximum Gasteiger partial charge on any atom is 0.159 e. The normalized spacial score (nSPS) is 10.2. The number of aldehydes is 1. The van der Waals surface area contributed by atoms with Crippen LogP contribution in [0.25, 0.3) is 11.3 Å². The first-order valence-corrected chi connectivity index (χ1v) is 5.22. The Morgan fingerprint density at radius 1 is 1.42 bits per heavy atom. The van der Waals surface area contributed by atoms with Gasteiger partial charge < -0.3 is 5.73 Å². The monoisotopic (exact) mass is 262 g/mol. The number of nitrogen functional groups attached to an aromatic ring is 1. The number of hydrogen-bond donors (Lipinski definition) is 1. The summed E-state index contributed by atoms with van der Waals surface area (Å²) in [5.41, 5.74) is 6.02. The number of nitrogens with two attached hydrogens (primary N) is 1. The highest BCUT2D eigenvalue weighted by molar-refractivity contribution is 5.91. The summed E-state index contributed by atoms with van der Waals surface area (Å²) >= 11 is 0. The third-order valence-electron chi connectivity index (χ3n) is 2.56. The molecule has 0 aliphatic carbocycles. The molecular formula is C12H8F2N4O. The SMILES string of the molecule is N#CCn1nc(-c2ccc(F)c(F)c2)c(C=O)c1N. The molecule has 0 bridgehead atoms. The molecule has 0 aliphatic heterocycles. The number of benzene rings is 1. The van der Waals surface area contributed by atoms with E-state index in [1.165, 1.54) is 6.07 Å². The summed E-state index contributed by atoms with van der Waals surface area (Å²) in [7, 11) is 0. The van der Waals surface area contributed by atoms with E-state index in [1.54, 1.807) is 0 Å². The lowest BCUT2D eigenvalue weighted by Gasteiger charge is -1.99. The maximum absolute atomic E-state index is 13.2. The van der Waals surface area contributed by atoms with E-state index in [0.29, 0.717) is 6.29 Å². The number of nitrogens with zero attached hydrogens (tertiary/aromatic N) is 3. The van der Waals surface area contributed by atoms with Crippen molar-refractivity contribution in [1.29, 1.82) is 5.26 Å². The average molecular weight is 262 g/mol. The van der Waals surface area contributed by atoms with Crippen LogP contribution >= 0.6 is 0 Å². The summed E-state index contributed by atoms with van der Waals surface area (Å²) in [6.45, 7) is -0.143. The zero-order valence-electron chi connectivity index (χ0n) is 9.60. The highest BCUT2D eigenvalue weighted by Gasteiger charge is 2.17. The molecule has 19 heavy (non-hydrogen) atoms. The van der Waals surface area contributed by atoms with Crippen LogP contribution in [0.1, 0.15) is 10.4 Å². The van der Waals surface area contributed by atoms with Gasteiger partial charge in [-0.3, -0.25) is 4.79 Å². The smallest absolute Gasteiger partial charge is 0.159 e. The Kier molecular flexibility index (Phi) is 3.25. The number of aromatic nitrogens is 2. The van der Waals surface area contributed by atoms with E-state index in [9.17, 15) is 13.6 Å². The fraction of sp³-hybridized carbons (Fsp3) is 0.0833. The molecular weight excluding hydrogens is 254 g/mol. The zero-order chi connectivity index (χ0) is 14.0. The van der Waals surface area contributed by atoms with Gasteiger partial charge in [-0.25, -0.2) is 13.5 Å². The molecule has 96 valence electrons. The average Bonchev–Trinajstić information content (AvgIpc) is 2.70. The second-order valence-corrected chi connectivity index (χ2v) is 3.71. The molecule has 1 heterocycles. The molecule has 5 nitrogen and oxygen atoms in total. The first-order chi connectivity index (χ1) is 9.08. The lowest BCUT2D eigenvalue weighted by Crippen LogP contribution is -2.03. The summed E-state index contributed by atoms with van der Waals surface area (Å²) in [6, 6.07) is 4.96. The summed E-state index contributed by atoms with van der Waals surface area (Å²) in [5.74, 6) is -2.04. The summed E-state index contributed by atoms with van der Waals surface area (Å²) in [4.78, 5) is 11.0. The van der Waals surface area contributed by atoms with Gasteiger partial charge >= 0.3 is 0 Å². The van der Waals surface area contributed by atoms with Gasteiger partial charge in [-0.15, -0.1) is 0 Å². The van der Waals surface area contributed by atoms with Crippen molar-refractivity contribution in [3.8, 4) is 17.3 Å². The molecule has 0 fully saturated rings. The Labute approximate surface area is 106 Å². The second-order valence-electron chi connectivity index (χ2n) is 3.71. The van der Waals surface area contributed by atoms with Gasteiger partial charge in [0.05, 0.1) is 11.6 Å². The number of anilines is 1. The van der Waals surface area contributed by atoms with E-state index >= 15 is 0 Å². The topological polar surface area (TPSA) is 84.7 Å². The molecule has 2 N–H and O–H groups in total. The van der Waals surface area contributed by atoms with Crippen molar-refractivity contribution in [1.82, 2.24) is 9.78 Å². The summed E-state index contributed by atoms with van der Waals surface area (Å²) < 4.78 is 27.2. The zero-order valence-corrected chi connectivity index (χ0v) is 9.60. The summed E-state index contributed by atoms with van der Waals surface area (Å²) in [6.07, 6.45) is 0.465. The van der Waals surface area contributed by atoms with Crippen LogP contribution in [-0.4, -0.2) is 16.1 Å². The lowest BCUT2D eigenvalue weighted by molar-refractivity contribution is 0.112. The predicted molar refractivity (Wildman–Crippen MR) is 63.0 cm³/mol. The largest absolute Gasteiger partial charge is 0.383 e. The van der Waals surface area contributed by atoms with Crippen molar-refractivity contribution in [3.05, 3.63) is 35.4 Å².